The zero-order chi connectivity index (χ0) is 16.2. The fourth-order valence-corrected chi connectivity index (χ4v) is 3.47. The van der Waals surface area contributed by atoms with Crippen LogP contribution in [0, 0.1) is 5.92 Å². The smallest absolute Gasteiger partial charge is 0.308 e. The van der Waals surface area contributed by atoms with E-state index in [0.717, 1.165) is 30.6 Å². The monoisotopic (exact) mass is 317 g/mol. The molecule has 3 atom stereocenters. The molecule has 2 N–H and O–H groups in total. The highest BCUT2D eigenvalue weighted by molar-refractivity contribution is 5.73. The number of carboxylic acid groups (broad SMARTS) is 1. The lowest BCUT2D eigenvalue weighted by molar-refractivity contribution is -0.142. The summed E-state index contributed by atoms with van der Waals surface area (Å²) in [6.07, 6.45) is 7.02. The molecule has 0 aliphatic carbocycles. The highest BCUT2D eigenvalue weighted by Gasteiger charge is 2.41. The minimum absolute atomic E-state index is 0.00410. The molecule has 3 unspecified atom stereocenters. The van der Waals surface area contributed by atoms with E-state index in [1.165, 1.54) is 0 Å². The normalized spacial score (nSPS) is 26.0. The van der Waals surface area contributed by atoms with Crippen molar-refractivity contribution in [2.45, 2.75) is 38.1 Å². The molecule has 124 valence electrons. The minimum atomic E-state index is -0.734. The second-order valence-corrected chi connectivity index (χ2v) is 6.05. The lowest BCUT2D eigenvalue weighted by Crippen LogP contribution is -2.32. The Morgan fingerprint density at radius 1 is 1.35 bits per heavy atom. The van der Waals surface area contributed by atoms with E-state index in [4.69, 9.17) is 9.47 Å². The van der Waals surface area contributed by atoms with Crippen LogP contribution in [0.4, 0.5) is 0 Å². The van der Waals surface area contributed by atoms with Crippen LogP contribution >= 0.6 is 0 Å². The summed E-state index contributed by atoms with van der Waals surface area (Å²) < 4.78 is 10.7. The molecular formula is C18H23NO4. The van der Waals surface area contributed by atoms with E-state index in [9.17, 15) is 9.90 Å². The van der Waals surface area contributed by atoms with Crippen LogP contribution in [0.25, 0.3) is 0 Å². The number of aliphatic carboxylic acids is 1. The number of hydrogen-bond acceptors (Lipinski definition) is 4. The van der Waals surface area contributed by atoms with E-state index >= 15 is 0 Å². The number of rotatable bonds is 6. The number of benzene rings is 1. The molecule has 5 heteroatoms. The lowest BCUT2D eigenvalue weighted by atomic mass is 9.84. The van der Waals surface area contributed by atoms with Gasteiger partial charge in [0, 0.05) is 18.5 Å². The van der Waals surface area contributed by atoms with Crippen molar-refractivity contribution in [1.29, 1.82) is 0 Å². The third-order valence-corrected chi connectivity index (χ3v) is 4.62. The fraction of sp³-hybridized carbons (Fsp3) is 0.500. The van der Waals surface area contributed by atoms with Crippen molar-refractivity contribution in [2.24, 2.45) is 5.92 Å². The van der Waals surface area contributed by atoms with Gasteiger partial charge in [0.05, 0.1) is 5.92 Å². The first-order chi connectivity index (χ1) is 11.2. The number of nitrogens with one attached hydrogen (secondary N) is 1. The highest BCUT2D eigenvalue weighted by Crippen LogP contribution is 2.39. The van der Waals surface area contributed by atoms with Gasteiger partial charge in [-0.1, -0.05) is 25.1 Å². The quantitative estimate of drug-likeness (QED) is 0.790. The molecule has 2 aliphatic rings. The van der Waals surface area contributed by atoms with E-state index in [2.05, 4.69) is 24.4 Å². The Labute approximate surface area is 136 Å². The van der Waals surface area contributed by atoms with Crippen molar-refractivity contribution < 1.29 is 19.4 Å². The zero-order valence-electron chi connectivity index (χ0n) is 13.3. The first-order valence-electron chi connectivity index (χ1n) is 8.21. The van der Waals surface area contributed by atoms with E-state index in [1.807, 2.05) is 18.2 Å². The number of carbonyl (C=O) groups is 1. The Balaban J connectivity index is 1.74. The molecule has 1 saturated heterocycles. The van der Waals surface area contributed by atoms with Gasteiger partial charge in [0.1, 0.15) is 0 Å². The summed E-state index contributed by atoms with van der Waals surface area (Å²) in [7, 11) is 0. The average molecular weight is 317 g/mol. The summed E-state index contributed by atoms with van der Waals surface area (Å²) in [6, 6.07) is 5.75. The maximum absolute atomic E-state index is 11.8. The van der Waals surface area contributed by atoms with Crippen LogP contribution in [-0.4, -0.2) is 30.5 Å². The standard InChI is InChI=1S/C18H23NO4/c1-2-3-4-5-6-14-17(18(20)21)13(10-19-14)12-7-8-15-16(9-12)23-11-22-15/h3-4,7-9,13-14,17,19H,2,5-6,10-11H2,1H3,(H,20,21)/b4-3-. The molecule has 0 radical (unpaired) electrons. The molecular weight excluding hydrogens is 294 g/mol. The molecule has 5 nitrogen and oxygen atoms in total. The van der Waals surface area contributed by atoms with Gasteiger partial charge in [0.15, 0.2) is 11.5 Å². The van der Waals surface area contributed by atoms with Crippen LogP contribution in [0.1, 0.15) is 37.7 Å². The van der Waals surface area contributed by atoms with Gasteiger partial charge >= 0.3 is 5.97 Å². The molecule has 23 heavy (non-hydrogen) atoms. The first-order valence-corrected chi connectivity index (χ1v) is 8.21. The van der Waals surface area contributed by atoms with Gasteiger partial charge in [-0.3, -0.25) is 4.79 Å². The largest absolute Gasteiger partial charge is 0.481 e. The van der Waals surface area contributed by atoms with Crippen molar-refractivity contribution in [1.82, 2.24) is 5.32 Å². The maximum atomic E-state index is 11.8. The number of carboxylic acids is 1. The van der Waals surface area contributed by atoms with Gasteiger partial charge in [0.25, 0.3) is 0 Å². The van der Waals surface area contributed by atoms with Crippen LogP contribution in [-0.2, 0) is 4.79 Å². The topological polar surface area (TPSA) is 67.8 Å². The SMILES string of the molecule is CC/C=C\CCC1NCC(c2ccc3c(c2)OCO3)C1C(=O)O. The summed E-state index contributed by atoms with van der Waals surface area (Å²) in [5.41, 5.74) is 1.00. The Bertz CT molecular complexity index is 599. The maximum Gasteiger partial charge on any atom is 0.308 e. The Hall–Kier alpha value is -2.01. The molecule has 0 saturated carbocycles. The molecule has 2 heterocycles. The summed E-state index contributed by atoms with van der Waals surface area (Å²) >= 11 is 0. The van der Waals surface area contributed by atoms with Gasteiger partial charge in [0.2, 0.25) is 6.79 Å². The Kier molecular flexibility index (Phi) is 4.86. The van der Waals surface area contributed by atoms with Crippen LogP contribution in [0.2, 0.25) is 0 Å². The first kappa shape index (κ1) is 15.9. The molecule has 0 bridgehead atoms. The third kappa shape index (κ3) is 3.34. The van der Waals surface area contributed by atoms with E-state index in [-0.39, 0.29) is 18.8 Å². The second kappa shape index (κ2) is 7.04. The molecule has 0 aromatic heterocycles. The molecule has 1 aromatic rings. The van der Waals surface area contributed by atoms with Crippen LogP contribution in [0.15, 0.2) is 30.4 Å². The Morgan fingerprint density at radius 3 is 2.96 bits per heavy atom. The summed E-state index contributed by atoms with van der Waals surface area (Å²) in [5.74, 6) is 0.253. The van der Waals surface area contributed by atoms with Gasteiger partial charge in [-0.15, -0.1) is 0 Å². The van der Waals surface area contributed by atoms with Crippen LogP contribution in [0.3, 0.4) is 0 Å². The number of allylic oxidation sites excluding steroid dienone is 2. The summed E-state index contributed by atoms with van der Waals surface area (Å²) in [4.78, 5) is 11.8. The zero-order valence-corrected chi connectivity index (χ0v) is 13.3. The molecule has 2 aliphatic heterocycles. The van der Waals surface area contributed by atoms with Gasteiger partial charge in [-0.05, 0) is 37.0 Å². The number of hydrogen-bond donors (Lipinski definition) is 2. The van der Waals surface area contributed by atoms with Gasteiger partial charge < -0.3 is 19.9 Å². The Morgan fingerprint density at radius 2 is 2.17 bits per heavy atom. The summed E-state index contributed by atoms with van der Waals surface area (Å²) in [5, 5.41) is 13.1. The lowest BCUT2D eigenvalue weighted by Gasteiger charge is -2.20. The molecule has 3 rings (SSSR count). The fourth-order valence-electron chi connectivity index (χ4n) is 3.47. The van der Waals surface area contributed by atoms with E-state index < -0.39 is 11.9 Å². The summed E-state index contributed by atoms with van der Waals surface area (Å²) in [6.45, 7) is 3.01. The van der Waals surface area contributed by atoms with Crippen LogP contribution < -0.4 is 14.8 Å². The average Bonchev–Trinajstić information content (AvgIpc) is 3.17. The molecule has 0 amide bonds. The number of fused-ring (bicyclic) bond motifs is 1. The van der Waals surface area contributed by atoms with Gasteiger partial charge in [-0.25, -0.2) is 0 Å². The second-order valence-electron chi connectivity index (χ2n) is 6.05. The number of ether oxygens (including phenoxy) is 2. The van der Waals surface area contributed by atoms with Crippen molar-refractivity contribution in [2.75, 3.05) is 13.3 Å². The molecule has 1 fully saturated rings. The van der Waals surface area contributed by atoms with Crippen molar-refractivity contribution in [3.8, 4) is 11.5 Å². The van der Waals surface area contributed by atoms with Gasteiger partial charge in [-0.2, -0.15) is 0 Å². The van der Waals surface area contributed by atoms with Crippen molar-refractivity contribution in [3.05, 3.63) is 35.9 Å². The molecule has 0 spiro atoms. The predicted octanol–water partition coefficient (Wildman–Crippen LogP) is 2.92. The van der Waals surface area contributed by atoms with Crippen molar-refractivity contribution in [3.63, 3.8) is 0 Å². The van der Waals surface area contributed by atoms with E-state index in [0.29, 0.717) is 12.3 Å². The molecule has 1 aromatic carbocycles. The minimum Gasteiger partial charge on any atom is -0.481 e. The third-order valence-electron chi connectivity index (χ3n) is 4.62. The highest BCUT2D eigenvalue weighted by atomic mass is 16.7. The van der Waals surface area contributed by atoms with Crippen molar-refractivity contribution >= 4 is 5.97 Å². The van der Waals surface area contributed by atoms with E-state index in [1.54, 1.807) is 0 Å². The predicted molar refractivity (Wildman–Crippen MR) is 86.9 cm³/mol. The van der Waals surface area contributed by atoms with Crippen LogP contribution in [0.5, 0.6) is 11.5 Å².